The van der Waals surface area contributed by atoms with Crippen molar-refractivity contribution in [1.82, 2.24) is 15.2 Å². The van der Waals surface area contributed by atoms with Gasteiger partial charge in [0.15, 0.2) is 6.23 Å². The molecule has 4 N–H and O–H groups in total. The van der Waals surface area contributed by atoms with E-state index in [-0.39, 0.29) is 6.61 Å². The van der Waals surface area contributed by atoms with Crippen molar-refractivity contribution in [2.45, 2.75) is 24.5 Å². The minimum atomic E-state index is -1.34. The van der Waals surface area contributed by atoms with E-state index in [1.165, 1.54) is 13.3 Å². The monoisotopic (exact) mass is 289 g/mol. The second kappa shape index (κ2) is 6.26. The number of aliphatic hydroxyl groups is 2. The minimum Gasteiger partial charge on any atom is -0.387 e. The predicted molar refractivity (Wildman–Crippen MR) is 63.3 cm³/mol. The van der Waals surface area contributed by atoms with Gasteiger partial charge in [0.05, 0.1) is 13.7 Å². The Morgan fingerprint density at radius 2 is 2.20 bits per heavy atom. The topological polar surface area (TPSA) is 135 Å². The van der Waals surface area contributed by atoms with Crippen LogP contribution in [-0.4, -0.2) is 51.8 Å². The van der Waals surface area contributed by atoms with Crippen LogP contribution >= 0.6 is 0 Å². The Bertz CT molecular complexity index is 556. The van der Waals surface area contributed by atoms with Gasteiger partial charge in [-0.2, -0.15) is 0 Å². The largest absolute Gasteiger partial charge is 0.387 e. The highest BCUT2D eigenvalue weighted by atomic mass is 16.9. The zero-order chi connectivity index (χ0) is 14.7. The molecule has 0 aliphatic carbocycles. The molecule has 0 aromatic carbocycles. The second-order valence-corrected chi connectivity index (χ2v) is 4.16. The van der Waals surface area contributed by atoms with Crippen LogP contribution in [0.15, 0.2) is 21.9 Å². The molecule has 0 spiro atoms. The van der Waals surface area contributed by atoms with E-state index in [4.69, 9.17) is 9.57 Å². The van der Waals surface area contributed by atoms with Crippen molar-refractivity contribution >= 4 is 0 Å². The molecule has 0 unspecified atom stereocenters. The lowest BCUT2D eigenvalue weighted by Crippen LogP contribution is -2.37. The van der Waals surface area contributed by atoms with Crippen molar-refractivity contribution in [2.75, 3.05) is 13.7 Å². The first-order valence-corrected chi connectivity index (χ1v) is 5.77. The van der Waals surface area contributed by atoms with Crippen LogP contribution in [0.3, 0.4) is 0 Å². The van der Waals surface area contributed by atoms with Gasteiger partial charge in [-0.1, -0.05) is 5.64 Å². The van der Waals surface area contributed by atoms with Crippen LogP contribution < -0.4 is 16.9 Å². The lowest BCUT2D eigenvalue weighted by Gasteiger charge is -2.16. The number of aliphatic hydroxyl groups excluding tert-OH is 2. The van der Waals surface area contributed by atoms with Gasteiger partial charge in [-0.15, -0.1) is 0 Å². The molecule has 1 saturated heterocycles. The van der Waals surface area contributed by atoms with Gasteiger partial charge in [0.2, 0.25) is 0 Å². The summed E-state index contributed by atoms with van der Waals surface area (Å²) in [5, 5.41) is 19.7. The molecule has 0 amide bonds. The normalized spacial score (nSPS) is 29.8. The Kier molecular flexibility index (Phi) is 4.65. The maximum absolute atomic E-state index is 11.6. The quantitative estimate of drug-likeness (QED) is 0.338. The van der Waals surface area contributed by atoms with Crippen LogP contribution in [0.25, 0.3) is 0 Å². The van der Waals surface area contributed by atoms with E-state index in [0.717, 1.165) is 10.6 Å². The van der Waals surface area contributed by atoms with Crippen molar-refractivity contribution in [2.24, 2.45) is 0 Å². The van der Waals surface area contributed by atoms with Crippen LogP contribution in [0.4, 0.5) is 0 Å². The van der Waals surface area contributed by atoms with Crippen LogP contribution in [0.1, 0.15) is 6.23 Å². The van der Waals surface area contributed by atoms with Gasteiger partial charge in [-0.25, -0.2) is 4.79 Å². The molecule has 1 aromatic rings. The number of ether oxygens (including phenoxy) is 1. The Balaban J connectivity index is 2.13. The summed E-state index contributed by atoms with van der Waals surface area (Å²) >= 11 is 0. The van der Waals surface area contributed by atoms with E-state index in [1.807, 2.05) is 4.98 Å². The molecule has 1 fully saturated rings. The Labute approximate surface area is 112 Å². The van der Waals surface area contributed by atoms with Gasteiger partial charge in [-0.3, -0.25) is 24.0 Å². The SMILES string of the molecule is CONOC[C@H]1O[C@@H](n2ccc(=O)[nH]c2=O)[C@H](O)[C@@H]1O. The number of rotatable bonds is 5. The van der Waals surface area contributed by atoms with Gasteiger partial charge in [0, 0.05) is 12.3 Å². The Morgan fingerprint density at radius 3 is 2.85 bits per heavy atom. The number of aromatic amines is 1. The third-order valence-corrected chi connectivity index (χ3v) is 2.85. The highest BCUT2D eigenvalue weighted by Gasteiger charge is 2.44. The van der Waals surface area contributed by atoms with E-state index in [1.54, 1.807) is 0 Å². The van der Waals surface area contributed by atoms with E-state index in [9.17, 15) is 19.8 Å². The third-order valence-electron chi connectivity index (χ3n) is 2.85. The molecule has 4 atom stereocenters. The van der Waals surface area contributed by atoms with Crippen molar-refractivity contribution in [3.05, 3.63) is 33.1 Å². The number of nitrogens with zero attached hydrogens (tertiary/aromatic N) is 1. The van der Waals surface area contributed by atoms with Crippen LogP contribution in [0.2, 0.25) is 0 Å². The zero-order valence-corrected chi connectivity index (χ0v) is 10.6. The molecule has 10 heteroatoms. The molecular weight excluding hydrogens is 274 g/mol. The molecule has 1 aliphatic heterocycles. The van der Waals surface area contributed by atoms with Gasteiger partial charge in [0.1, 0.15) is 18.3 Å². The molecular formula is C10H15N3O7. The maximum Gasteiger partial charge on any atom is 0.330 e. The van der Waals surface area contributed by atoms with E-state index in [0.29, 0.717) is 0 Å². The summed E-state index contributed by atoms with van der Waals surface area (Å²) in [7, 11) is 1.34. The first-order chi connectivity index (χ1) is 9.54. The third kappa shape index (κ3) is 2.95. The molecule has 0 bridgehead atoms. The van der Waals surface area contributed by atoms with Gasteiger partial charge >= 0.3 is 5.69 Å². The van der Waals surface area contributed by atoms with Crippen molar-refractivity contribution in [1.29, 1.82) is 0 Å². The van der Waals surface area contributed by atoms with Gasteiger partial charge in [0.25, 0.3) is 5.56 Å². The summed E-state index contributed by atoms with van der Waals surface area (Å²) in [6.45, 7) is -0.110. The molecule has 0 saturated carbocycles. The molecule has 1 aromatic heterocycles. The lowest BCUT2D eigenvalue weighted by molar-refractivity contribution is -0.180. The number of nitrogens with one attached hydrogen (secondary N) is 2. The summed E-state index contributed by atoms with van der Waals surface area (Å²) in [4.78, 5) is 33.9. The van der Waals surface area contributed by atoms with Gasteiger partial charge in [-0.05, 0) is 0 Å². The van der Waals surface area contributed by atoms with Crippen LogP contribution in [0.5, 0.6) is 0 Å². The molecule has 2 heterocycles. The minimum absolute atomic E-state index is 0.110. The average Bonchev–Trinajstić information content (AvgIpc) is 2.68. The summed E-state index contributed by atoms with van der Waals surface area (Å²) in [6, 6.07) is 1.11. The maximum atomic E-state index is 11.6. The summed E-state index contributed by atoms with van der Waals surface area (Å²) < 4.78 is 6.34. The Morgan fingerprint density at radius 1 is 1.45 bits per heavy atom. The zero-order valence-electron chi connectivity index (χ0n) is 10.6. The smallest absolute Gasteiger partial charge is 0.330 e. The summed E-state index contributed by atoms with van der Waals surface area (Å²) in [5.41, 5.74) is 0.784. The molecule has 0 radical (unpaired) electrons. The van der Waals surface area contributed by atoms with E-state index in [2.05, 4.69) is 10.5 Å². The van der Waals surface area contributed by atoms with Crippen molar-refractivity contribution in [3.63, 3.8) is 0 Å². The van der Waals surface area contributed by atoms with E-state index < -0.39 is 35.8 Å². The summed E-state index contributed by atoms with van der Waals surface area (Å²) in [5.74, 6) is 0. The average molecular weight is 289 g/mol. The molecule has 112 valence electrons. The molecule has 2 rings (SSSR count). The number of hydrogen-bond donors (Lipinski definition) is 4. The second-order valence-electron chi connectivity index (χ2n) is 4.16. The Hall–Kier alpha value is -1.56. The lowest BCUT2D eigenvalue weighted by atomic mass is 10.1. The predicted octanol–water partition coefficient (Wildman–Crippen LogP) is -2.76. The fourth-order valence-electron chi connectivity index (χ4n) is 1.90. The van der Waals surface area contributed by atoms with Gasteiger partial charge < -0.3 is 14.9 Å². The first-order valence-electron chi connectivity index (χ1n) is 5.77. The highest BCUT2D eigenvalue weighted by molar-refractivity contribution is 4.93. The fourth-order valence-corrected chi connectivity index (χ4v) is 1.90. The van der Waals surface area contributed by atoms with Crippen molar-refractivity contribution < 1.29 is 24.6 Å². The summed E-state index contributed by atoms with van der Waals surface area (Å²) in [6.07, 6.45) is -3.40. The number of aromatic nitrogens is 2. The van der Waals surface area contributed by atoms with Crippen molar-refractivity contribution in [3.8, 4) is 0 Å². The molecule has 20 heavy (non-hydrogen) atoms. The fraction of sp³-hybridized carbons (Fsp3) is 0.600. The van der Waals surface area contributed by atoms with E-state index >= 15 is 0 Å². The molecule has 10 nitrogen and oxygen atoms in total. The standard InChI is InChI=1S/C10H15N3O7/c1-18-12-19-4-5-7(15)8(16)9(20-5)13-3-2-6(14)11-10(13)17/h2-3,5,7-9,12,15-16H,4H2,1H3,(H,11,14,17)/t5-,7-,8-,9-/m1/s1. The number of hydrogen-bond acceptors (Lipinski definition) is 8. The first kappa shape index (κ1) is 14.8. The number of H-pyrrole nitrogens is 1. The van der Waals surface area contributed by atoms with Crippen LogP contribution in [0, 0.1) is 0 Å². The molecule has 1 aliphatic rings. The highest BCUT2D eigenvalue weighted by Crippen LogP contribution is 2.28. The van der Waals surface area contributed by atoms with Crippen LogP contribution in [-0.2, 0) is 14.4 Å².